The molecule has 5 nitrogen and oxygen atoms in total. The maximum Gasteiger partial charge on any atom is 0.212 e. The van der Waals surface area contributed by atoms with E-state index in [1.165, 1.54) is 0 Å². The topological polar surface area (TPSA) is 81.4 Å². The van der Waals surface area contributed by atoms with Gasteiger partial charge < -0.3 is 10.5 Å². The zero-order valence-corrected chi connectivity index (χ0v) is 11.0. The van der Waals surface area contributed by atoms with Gasteiger partial charge in [-0.15, -0.1) is 0 Å². The smallest absolute Gasteiger partial charge is 0.212 e. The number of nitrogens with one attached hydrogen (secondary N) is 1. The molecule has 0 spiro atoms. The van der Waals surface area contributed by atoms with Crippen molar-refractivity contribution >= 4 is 10.0 Å². The Balaban J connectivity index is 1.95. The predicted octanol–water partition coefficient (Wildman–Crippen LogP) is 0.214. The molecule has 2 rings (SSSR count). The molecule has 0 aromatic heterocycles. The van der Waals surface area contributed by atoms with Crippen molar-refractivity contribution < 1.29 is 13.2 Å². The average Bonchev–Trinajstić information content (AvgIpc) is 2.89. The van der Waals surface area contributed by atoms with Gasteiger partial charge in [0.05, 0.1) is 12.4 Å². The fourth-order valence-corrected chi connectivity index (χ4v) is 4.71. The highest BCUT2D eigenvalue weighted by Crippen LogP contribution is 2.29. The Morgan fingerprint density at radius 3 is 2.59 bits per heavy atom. The van der Waals surface area contributed by atoms with Crippen molar-refractivity contribution in [2.75, 3.05) is 25.5 Å². The first-order valence-electron chi connectivity index (χ1n) is 6.35. The summed E-state index contributed by atoms with van der Waals surface area (Å²) in [6.45, 7) is 1.64. The van der Waals surface area contributed by atoms with Crippen LogP contribution in [0, 0.1) is 5.92 Å². The summed E-state index contributed by atoms with van der Waals surface area (Å²) in [5, 5.41) is 0. The van der Waals surface area contributed by atoms with E-state index in [0.717, 1.165) is 32.1 Å². The molecule has 100 valence electrons. The Kier molecular flexibility index (Phi) is 4.07. The van der Waals surface area contributed by atoms with Crippen LogP contribution in [0.2, 0.25) is 0 Å². The van der Waals surface area contributed by atoms with Crippen LogP contribution in [0.25, 0.3) is 0 Å². The molecule has 6 heteroatoms. The molecule has 3 N–H and O–H groups in total. The maximum atomic E-state index is 12.1. The van der Waals surface area contributed by atoms with Crippen LogP contribution in [0.5, 0.6) is 0 Å². The van der Waals surface area contributed by atoms with E-state index in [1.807, 2.05) is 0 Å². The number of nitrogens with two attached hydrogens (primary N) is 1. The van der Waals surface area contributed by atoms with Gasteiger partial charge in [0.25, 0.3) is 0 Å². The molecule has 0 aromatic carbocycles. The van der Waals surface area contributed by atoms with Crippen molar-refractivity contribution in [1.29, 1.82) is 0 Å². The highest BCUT2D eigenvalue weighted by Gasteiger charge is 2.37. The summed E-state index contributed by atoms with van der Waals surface area (Å²) >= 11 is 0. The van der Waals surface area contributed by atoms with Crippen LogP contribution in [0.3, 0.4) is 0 Å². The summed E-state index contributed by atoms with van der Waals surface area (Å²) in [4.78, 5) is 0. The van der Waals surface area contributed by atoms with Crippen molar-refractivity contribution in [2.24, 2.45) is 11.7 Å². The van der Waals surface area contributed by atoms with Gasteiger partial charge in [-0.2, -0.15) is 0 Å². The van der Waals surface area contributed by atoms with E-state index in [4.69, 9.17) is 10.5 Å². The van der Waals surface area contributed by atoms with Crippen molar-refractivity contribution in [3.05, 3.63) is 0 Å². The molecule has 2 fully saturated rings. The van der Waals surface area contributed by atoms with Gasteiger partial charge in [0, 0.05) is 18.7 Å². The Morgan fingerprint density at radius 1 is 1.35 bits per heavy atom. The Bertz CT molecular complexity index is 344. The van der Waals surface area contributed by atoms with Crippen LogP contribution in [0.1, 0.15) is 32.1 Å². The number of hydrogen-bond acceptors (Lipinski definition) is 4. The number of sulfonamides is 1. The second-order valence-electron chi connectivity index (χ2n) is 5.30. The SMILES string of the molecule is NCC1(NS(=O)(=O)CC2CCOC2)CCCC1. The molecule has 1 saturated heterocycles. The van der Waals surface area contributed by atoms with E-state index in [-0.39, 0.29) is 17.2 Å². The maximum absolute atomic E-state index is 12.1. The van der Waals surface area contributed by atoms with Gasteiger partial charge in [-0.25, -0.2) is 13.1 Å². The van der Waals surface area contributed by atoms with Crippen LogP contribution in [-0.2, 0) is 14.8 Å². The third-order valence-corrected chi connectivity index (χ3v) is 5.46. The zero-order valence-electron chi connectivity index (χ0n) is 10.2. The van der Waals surface area contributed by atoms with E-state index in [0.29, 0.717) is 19.8 Å². The Labute approximate surface area is 103 Å². The summed E-state index contributed by atoms with van der Waals surface area (Å²) < 4.78 is 32.2. The summed E-state index contributed by atoms with van der Waals surface area (Å²) in [5.41, 5.74) is 5.36. The number of ether oxygens (including phenoxy) is 1. The predicted molar refractivity (Wildman–Crippen MR) is 66.1 cm³/mol. The number of rotatable bonds is 5. The van der Waals surface area contributed by atoms with Crippen LogP contribution in [0.4, 0.5) is 0 Å². The lowest BCUT2D eigenvalue weighted by atomic mass is 10.0. The standard InChI is InChI=1S/C11H22N2O3S/c12-9-11(4-1-2-5-11)13-17(14,15)8-10-3-6-16-7-10/h10,13H,1-9,12H2. The lowest BCUT2D eigenvalue weighted by molar-refractivity contribution is 0.188. The molecule has 0 bridgehead atoms. The Morgan fingerprint density at radius 2 is 2.06 bits per heavy atom. The fraction of sp³-hybridized carbons (Fsp3) is 1.00. The quantitative estimate of drug-likeness (QED) is 0.742. The minimum absolute atomic E-state index is 0.142. The fourth-order valence-electron chi connectivity index (χ4n) is 2.80. The van der Waals surface area contributed by atoms with Crippen molar-refractivity contribution in [2.45, 2.75) is 37.6 Å². The summed E-state index contributed by atoms with van der Waals surface area (Å²) in [6, 6.07) is 0. The first-order valence-corrected chi connectivity index (χ1v) is 8.00. The third-order valence-electron chi connectivity index (χ3n) is 3.80. The van der Waals surface area contributed by atoms with Crippen LogP contribution in [-0.4, -0.2) is 39.5 Å². The Hall–Kier alpha value is -0.170. The lowest BCUT2D eigenvalue weighted by Gasteiger charge is -2.28. The summed E-state index contributed by atoms with van der Waals surface area (Å²) in [5.74, 6) is 0.318. The molecule has 0 amide bonds. The molecule has 17 heavy (non-hydrogen) atoms. The normalized spacial score (nSPS) is 28.6. The molecule has 1 saturated carbocycles. The summed E-state index contributed by atoms with van der Waals surface area (Å²) in [6.07, 6.45) is 4.70. The molecule has 2 aliphatic rings. The van der Waals surface area contributed by atoms with E-state index in [1.54, 1.807) is 0 Å². The molecule has 1 aliphatic heterocycles. The molecule has 0 radical (unpaired) electrons. The van der Waals surface area contributed by atoms with E-state index in [2.05, 4.69) is 4.72 Å². The first-order chi connectivity index (χ1) is 8.05. The van der Waals surface area contributed by atoms with Gasteiger partial charge in [-0.1, -0.05) is 12.8 Å². The molecule has 0 aromatic rings. The minimum atomic E-state index is -3.23. The highest BCUT2D eigenvalue weighted by atomic mass is 32.2. The number of hydrogen-bond donors (Lipinski definition) is 2. The van der Waals surface area contributed by atoms with E-state index >= 15 is 0 Å². The van der Waals surface area contributed by atoms with Gasteiger partial charge >= 0.3 is 0 Å². The van der Waals surface area contributed by atoms with Gasteiger partial charge in [-0.05, 0) is 25.2 Å². The van der Waals surface area contributed by atoms with Gasteiger partial charge in [0.1, 0.15) is 0 Å². The highest BCUT2D eigenvalue weighted by molar-refractivity contribution is 7.89. The molecule has 1 atom stereocenters. The van der Waals surface area contributed by atoms with Gasteiger partial charge in [-0.3, -0.25) is 0 Å². The van der Waals surface area contributed by atoms with Crippen LogP contribution >= 0.6 is 0 Å². The van der Waals surface area contributed by atoms with Gasteiger partial charge in [0.2, 0.25) is 10.0 Å². The van der Waals surface area contributed by atoms with E-state index < -0.39 is 10.0 Å². The molecular formula is C11H22N2O3S. The van der Waals surface area contributed by atoms with Crippen LogP contribution in [0.15, 0.2) is 0 Å². The van der Waals surface area contributed by atoms with Gasteiger partial charge in [0.15, 0.2) is 0 Å². The minimum Gasteiger partial charge on any atom is -0.381 e. The monoisotopic (exact) mass is 262 g/mol. The second-order valence-corrected chi connectivity index (χ2v) is 7.07. The average molecular weight is 262 g/mol. The van der Waals surface area contributed by atoms with Crippen molar-refractivity contribution in [3.8, 4) is 0 Å². The van der Waals surface area contributed by atoms with E-state index in [9.17, 15) is 8.42 Å². The molecule has 1 aliphatic carbocycles. The molecular weight excluding hydrogens is 240 g/mol. The van der Waals surface area contributed by atoms with Crippen LogP contribution < -0.4 is 10.5 Å². The van der Waals surface area contributed by atoms with Crippen molar-refractivity contribution in [3.63, 3.8) is 0 Å². The van der Waals surface area contributed by atoms with Crippen molar-refractivity contribution in [1.82, 2.24) is 4.72 Å². The zero-order chi connectivity index (χ0) is 12.4. The third kappa shape index (κ3) is 3.40. The second kappa shape index (κ2) is 5.22. The largest absolute Gasteiger partial charge is 0.381 e. The summed E-state index contributed by atoms with van der Waals surface area (Å²) in [7, 11) is -3.23. The molecule has 1 unspecified atom stereocenters. The molecule has 1 heterocycles. The first kappa shape index (κ1) is 13.3. The lowest BCUT2D eigenvalue weighted by Crippen LogP contribution is -2.52.